The minimum Gasteiger partial charge on any atom is -0.384 e. The lowest BCUT2D eigenvalue weighted by atomic mass is 9.84. The summed E-state index contributed by atoms with van der Waals surface area (Å²) in [5, 5.41) is 10.9. The summed E-state index contributed by atoms with van der Waals surface area (Å²) in [4.78, 5) is 2.16. The summed E-state index contributed by atoms with van der Waals surface area (Å²) >= 11 is 1.66. The lowest BCUT2D eigenvalue weighted by molar-refractivity contribution is 0.0478. The standard InChI is InChI=1S/C17H22OS/c1-14(2)13-16(17(18)11-7-4-8-12-17)19-15-9-5-3-6-10-15/h3,5-6,9-10,18H,4,7-8,11-12H2,1-2H3. The maximum Gasteiger partial charge on any atom is 0.103 e. The molecule has 0 amide bonds. The number of hydrogen-bond donors (Lipinski definition) is 1. The molecule has 0 aliphatic heterocycles. The molecule has 102 valence electrons. The summed E-state index contributed by atoms with van der Waals surface area (Å²) in [6.45, 7) is 4.08. The molecule has 0 aromatic heterocycles. The topological polar surface area (TPSA) is 20.2 Å². The molecule has 1 fully saturated rings. The normalized spacial score (nSPS) is 17.6. The van der Waals surface area contributed by atoms with E-state index in [0.29, 0.717) is 0 Å². The lowest BCUT2D eigenvalue weighted by Gasteiger charge is -2.33. The van der Waals surface area contributed by atoms with Gasteiger partial charge in [-0.15, -0.1) is 5.73 Å². The Bertz CT molecular complexity index is 473. The van der Waals surface area contributed by atoms with Crippen molar-refractivity contribution < 1.29 is 5.11 Å². The molecular weight excluding hydrogens is 252 g/mol. The van der Waals surface area contributed by atoms with Gasteiger partial charge in [0.25, 0.3) is 0 Å². The van der Waals surface area contributed by atoms with Gasteiger partial charge in [-0.05, 0) is 44.4 Å². The van der Waals surface area contributed by atoms with Crippen LogP contribution in [-0.2, 0) is 0 Å². The first-order valence-electron chi connectivity index (χ1n) is 7.00. The molecule has 2 rings (SSSR count). The number of aliphatic hydroxyl groups is 1. The first-order valence-corrected chi connectivity index (χ1v) is 7.82. The molecule has 0 unspecified atom stereocenters. The second kappa shape index (κ2) is 6.47. The predicted molar refractivity (Wildman–Crippen MR) is 82.2 cm³/mol. The maximum absolute atomic E-state index is 10.9. The summed E-state index contributed by atoms with van der Waals surface area (Å²) in [7, 11) is 0. The van der Waals surface area contributed by atoms with Gasteiger partial charge >= 0.3 is 0 Å². The van der Waals surface area contributed by atoms with E-state index in [0.717, 1.165) is 36.2 Å². The summed E-state index contributed by atoms with van der Waals surface area (Å²) in [5.41, 5.74) is 3.84. The van der Waals surface area contributed by atoms with E-state index in [9.17, 15) is 5.11 Å². The highest BCUT2D eigenvalue weighted by molar-refractivity contribution is 8.03. The Morgan fingerprint density at radius 3 is 2.32 bits per heavy atom. The molecule has 1 aliphatic carbocycles. The lowest BCUT2D eigenvalue weighted by Crippen LogP contribution is -2.32. The van der Waals surface area contributed by atoms with Crippen molar-refractivity contribution in [3.05, 3.63) is 46.5 Å². The fraction of sp³-hybridized carbons (Fsp3) is 0.471. The average Bonchev–Trinajstić information content (AvgIpc) is 2.39. The first-order chi connectivity index (χ1) is 9.10. The van der Waals surface area contributed by atoms with Crippen LogP contribution >= 0.6 is 11.8 Å². The molecule has 1 saturated carbocycles. The fourth-order valence-electron chi connectivity index (χ4n) is 2.43. The highest BCUT2D eigenvalue weighted by Gasteiger charge is 2.34. The smallest absolute Gasteiger partial charge is 0.103 e. The zero-order chi connectivity index (χ0) is 13.7. The second-order valence-electron chi connectivity index (χ2n) is 5.46. The van der Waals surface area contributed by atoms with Crippen molar-refractivity contribution in [3.63, 3.8) is 0 Å². The zero-order valence-electron chi connectivity index (χ0n) is 11.8. The Hall–Kier alpha value is -0.950. The molecule has 1 aromatic carbocycles. The van der Waals surface area contributed by atoms with Crippen LogP contribution in [0.4, 0.5) is 0 Å². The Morgan fingerprint density at radius 2 is 1.74 bits per heavy atom. The molecule has 0 saturated heterocycles. The summed E-state index contributed by atoms with van der Waals surface area (Å²) in [6.07, 6.45) is 5.19. The minimum atomic E-state index is -0.671. The maximum atomic E-state index is 10.9. The van der Waals surface area contributed by atoms with Gasteiger partial charge in [-0.3, -0.25) is 0 Å². The van der Waals surface area contributed by atoms with E-state index in [1.54, 1.807) is 11.8 Å². The fourth-order valence-corrected chi connectivity index (χ4v) is 3.61. The van der Waals surface area contributed by atoms with E-state index in [-0.39, 0.29) is 0 Å². The Balaban J connectivity index is 2.30. The predicted octanol–water partition coefficient (Wildman–Crippen LogP) is 4.92. The third kappa shape index (κ3) is 4.01. The largest absolute Gasteiger partial charge is 0.384 e. The van der Waals surface area contributed by atoms with Crippen molar-refractivity contribution in [2.24, 2.45) is 0 Å². The van der Waals surface area contributed by atoms with Gasteiger partial charge in [-0.1, -0.05) is 49.2 Å². The van der Waals surface area contributed by atoms with Crippen LogP contribution in [0.2, 0.25) is 0 Å². The van der Waals surface area contributed by atoms with Crippen molar-refractivity contribution >= 4 is 11.8 Å². The van der Waals surface area contributed by atoms with Crippen molar-refractivity contribution in [2.75, 3.05) is 0 Å². The molecule has 0 atom stereocenters. The highest BCUT2D eigenvalue weighted by Crippen LogP contribution is 2.42. The van der Waals surface area contributed by atoms with Crippen LogP contribution in [0.3, 0.4) is 0 Å². The molecule has 0 bridgehead atoms. The summed E-state index contributed by atoms with van der Waals surface area (Å²) in [6, 6.07) is 10.3. The van der Waals surface area contributed by atoms with Crippen LogP contribution in [0.15, 0.2) is 51.4 Å². The molecule has 1 aromatic rings. The molecule has 19 heavy (non-hydrogen) atoms. The van der Waals surface area contributed by atoms with Crippen LogP contribution in [-0.4, -0.2) is 10.7 Å². The minimum absolute atomic E-state index is 0.671. The van der Waals surface area contributed by atoms with Crippen molar-refractivity contribution in [1.82, 2.24) is 0 Å². The second-order valence-corrected chi connectivity index (χ2v) is 6.55. The molecule has 1 nitrogen and oxygen atoms in total. The third-order valence-electron chi connectivity index (χ3n) is 3.43. The van der Waals surface area contributed by atoms with Crippen LogP contribution in [0.1, 0.15) is 46.0 Å². The Labute approximate surface area is 120 Å². The van der Waals surface area contributed by atoms with Crippen LogP contribution in [0.25, 0.3) is 0 Å². The number of thioether (sulfide) groups is 1. The molecule has 1 N–H and O–H groups in total. The quantitative estimate of drug-likeness (QED) is 0.623. The molecular formula is C17H22OS. The van der Waals surface area contributed by atoms with Gasteiger partial charge in [-0.25, -0.2) is 0 Å². The third-order valence-corrected chi connectivity index (χ3v) is 4.62. The van der Waals surface area contributed by atoms with Crippen molar-refractivity contribution in [1.29, 1.82) is 0 Å². The van der Waals surface area contributed by atoms with Crippen molar-refractivity contribution in [3.8, 4) is 0 Å². The van der Waals surface area contributed by atoms with E-state index in [1.807, 2.05) is 32.0 Å². The Morgan fingerprint density at radius 1 is 1.11 bits per heavy atom. The van der Waals surface area contributed by atoms with Crippen LogP contribution < -0.4 is 0 Å². The van der Waals surface area contributed by atoms with Gasteiger partial charge in [0, 0.05) is 4.90 Å². The number of hydrogen-bond acceptors (Lipinski definition) is 2. The number of benzene rings is 1. The van der Waals surface area contributed by atoms with Gasteiger partial charge in [0.1, 0.15) is 5.60 Å². The van der Waals surface area contributed by atoms with Gasteiger partial charge in [0.15, 0.2) is 0 Å². The van der Waals surface area contributed by atoms with E-state index < -0.39 is 5.60 Å². The Kier molecular flexibility index (Phi) is 4.93. The van der Waals surface area contributed by atoms with Gasteiger partial charge in [0.2, 0.25) is 0 Å². The van der Waals surface area contributed by atoms with E-state index in [2.05, 4.69) is 17.9 Å². The molecule has 0 spiro atoms. The van der Waals surface area contributed by atoms with Gasteiger partial charge in [-0.2, -0.15) is 0 Å². The van der Waals surface area contributed by atoms with Crippen LogP contribution in [0.5, 0.6) is 0 Å². The monoisotopic (exact) mass is 274 g/mol. The van der Waals surface area contributed by atoms with Crippen molar-refractivity contribution in [2.45, 2.75) is 56.4 Å². The van der Waals surface area contributed by atoms with E-state index in [4.69, 9.17) is 0 Å². The van der Waals surface area contributed by atoms with E-state index in [1.165, 1.54) is 11.3 Å². The zero-order valence-corrected chi connectivity index (χ0v) is 12.6. The first kappa shape index (κ1) is 14.5. The van der Waals surface area contributed by atoms with Gasteiger partial charge < -0.3 is 5.11 Å². The van der Waals surface area contributed by atoms with E-state index >= 15 is 0 Å². The van der Waals surface area contributed by atoms with Crippen LogP contribution in [0, 0.1) is 0 Å². The number of rotatable bonds is 3. The summed E-state index contributed by atoms with van der Waals surface area (Å²) < 4.78 is 0. The molecule has 1 aliphatic rings. The average molecular weight is 274 g/mol. The molecule has 0 heterocycles. The molecule has 2 heteroatoms. The van der Waals surface area contributed by atoms with Gasteiger partial charge in [0.05, 0.1) is 4.91 Å². The highest BCUT2D eigenvalue weighted by atomic mass is 32.2. The molecule has 0 radical (unpaired) electrons. The summed E-state index contributed by atoms with van der Waals surface area (Å²) in [5.74, 6) is 0. The SMILES string of the molecule is CC(C)=C=C(Sc1ccccc1)C1(O)CCCCC1.